The largest absolute Gasteiger partial charge is 0.433 e. The average Bonchev–Trinajstić information content (AvgIpc) is 3.30. The number of quaternary nitrogens is 1. The Balaban J connectivity index is 1.59. The molecule has 1 aliphatic carbocycles. The van der Waals surface area contributed by atoms with Crippen LogP contribution < -0.4 is 4.90 Å². The summed E-state index contributed by atoms with van der Waals surface area (Å²) < 4.78 is -0.0920. The van der Waals surface area contributed by atoms with E-state index in [1.807, 2.05) is 6.07 Å². The van der Waals surface area contributed by atoms with Crippen molar-refractivity contribution in [1.29, 1.82) is 5.26 Å². The first-order valence-corrected chi connectivity index (χ1v) is 9.49. The maximum atomic E-state index is 13.5. The summed E-state index contributed by atoms with van der Waals surface area (Å²) in [7, 11) is 0. The molecule has 4 fully saturated rings. The van der Waals surface area contributed by atoms with Crippen LogP contribution >= 0.6 is 11.6 Å². The average molecular weight is 386 g/mol. The molecule has 138 valence electrons. The highest BCUT2D eigenvalue weighted by Gasteiger charge is 2.74. The van der Waals surface area contributed by atoms with Gasteiger partial charge < -0.3 is 0 Å². The monoisotopic (exact) mass is 385 g/mol. The molecule has 1 aromatic rings. The first-order valence-electron chi connectivity index (χ1n) is 9.11. The lowest BCUT2D eigenvalue weighted by Gasteiger charge is -2.32. The summed E-state index contributed by atoms with van der Waals surface area (Å²) in [6, 6.07) is 3.81. The molecule has 3 aliphatic heterocycles. The molecule has 0 N–H and O–H groups in total. The molecule has 1 saturated carbocycles. The highest BCUT2D eigenvalue weighted by atomic mass is 35.5. The SMILES string of the molecule is Cc1c(N2C(=O)C3CN4CC(C(=O)C5CC5)[N+]3(C4)C2=O)ccc(C#N)c1Cl. The number of fused-ring (bicyclic) bond motifs is 1. The van der Waals surface area contributed by atoms with Gasteiger partial charge in [-0.3, -0.25) is 9.59 Å². The van der Waals surface area contributed by atoms with Crippen molar-refractivity contribution >= 4 is 35.0 Å². The summed E-state index contributed by atoms with van der Waals surface area (Å²) >= 11 is 6.26. The Kier molecular flexibility index (Phi) is 3.36. The van der Waals surface area contributed by atoms with E-state index in [9.17, 15) is 14.4 Å². The van der Waals surface area contributed by atoms with Crippen LogP contribution in [0, 0.1) is 24.2 Å². The number of halogens is 1. The summed E-state index contributed by atoms with van der Waals surface area (Å²) in [6.45, 7) is 3.16. The number of ketones is 1. The Morgan fingerprint density at radius 2 is 2.04 bits per heavy atom. The normalized spacial score (nSPS) is 34.1. The summed E-state index contributed by atoms with van der Waals surface area (Å²) in [5.74, 6) is -0.105. The van der Waals surface area contributed by atoms with Gasteiger partial charge in [0.05, 0.1) is 29.4 Å². The molecule has 8 heteroatoms. The van der Waals surface area contributed by atoms with Gasteiger partial charge in [-0.25, -0.2) is 14.2 Å². The molecule has 0 aromatic heterocycles. The fourth-order valence-corrected chi connectivity index (χ4v) is 5.13. The summed E-state index contributed by atoms with van der Waals surface area (Å²) in [6.07, 6.45) is 1.77. The van der Waals surface area contributed by atoms with Crippen molar-refractivity contribution in [2.45, 2.75) is 31.8 Å². The first-order chi connectivity index (χ1) is 12.9. The maximum absolute atomic E-state index is 13.5. The van der Waals surface area contributed by atoms with E-state index in [1.165, 1.54) is 11.0 Å². The van der Waals surface area contributed by atoms with E-state index in [-0.39, 0.29) is 33.1 Å². The summed E-state index contributed by atoms with van der Waals surface area (Å²) in [5, 5.41) is 9.39. The smallest absolute Gasteiger partial charge is 0.293 e. The van der Waals surface area contributed by atoms with Gasteiger partial charge in [-0.15, -0.1) is 0 Å². The third kappa shape index (κ3) is 2.01. The molecule has 3 heterocycles. The highest BCUT2D eigenvalue weighted by molar-refractivity contribution is 6.33. The van der Waals surface area contributed by atoms with Crippen LogP contribution in [0.15, 0.2) is 12.1 Å². The second-order valence-corrected chi connectivity index (χ2v) is 8.33. The molecule has 5 rings (SSSR count). The number of amides is 3. The number of nitrogens with zero attached hydrogens (tertiary/aromatic N) is 4. The number of urea groups is 1. The number of Topliss-reactive ketones (excluding diaryl/α,β-unsaturated/α-hetero) is 1. The van der Waals surface area contributed by atoms with Gasteiger partial charge in [-0.05, 0) is 37.5 Å². The number of anilines is 1. The lowest BCUT2D eigenvalue weighted by molar-refractivity contribution is -0.853. The lowest BCUT2D eigenvalue weighted by atomic mass is 10.0. The van der Waals surface area contributed by atoms with E-state index < -0.39 is 12.1 Å². The number of carbonyl (C=O) groups excluding carboxylic acids is 3. The van der Waals surface area contributed by atoms with Gasteiger partial charge in [-0.1, -0.05) is 11.6 Å². The number of benzene rings is 1. The quantitative estimate of drug-likeness (QED) is 0.585. The molecule has 7 nitrogen and oxygen atoms in total. The molecule has 4 atom stereocenters. The summed E-state index contributed by atoms with van der Waals surface area (Å²) in [4.78, 5) is 42.8. The molecular weight excluding hydrogens is 368 g/mol. The standard InChI is InChI=1S/C19H18ClN4O3/c1-10-13(5-4-12(6-21)16(10)20)23-18(26)15-8-22-7-14(17(25)11-2-3-11)24(15,9-22)19(23)27/h4-5,11,14-15H,2-3,7-9H2,1H3/q+1. The minimum absolute atomic E-state index is 0.0479. The molecule has 27 heavy (non-hydrogen) atoms. The highest BCUT2D eigenvalue weighted by Crippen LogP contribution is 2.47. The lowest BCUT2D eigenvalue weighted by Crippen LogP contribution is -2.62. The van der Waals surface area contributed by atoms with Gasteiger partial charge in [0.1, 0.15) is 12.7 Å². The molecule has 4 aliphatic rings. The minimum atomic E-state index is -0.534. The van der Waals surface area contributed by atoms with E-state index in [0.29, 0.717) is 36.6 Å². The minimum Gasteiger partial charge on any atom is -0.293 e. The van der Waals surface area contributed by atoms with Gasteiger partial charge in [0, 0.05) is 5.92 Å². The van der Waals surface area contributed by atoms with Crippen LogP contribution in [-0.2, 0) is 9.59 Å². The van der Waals surface area contributed by atoms with Crippen molar-refractivity contribution < 1.29 is 18.9 Å². The van der Waals surface area contributed by atoms with Crippen molar-refractivity contribution in [3.8, 4) is 6.07 Å². The zero-order valence-electron chi connectivity index (χ0n) is 14.8. The fourth-order valence-electron chi connectivity index (χ4n) is 4.93. The zero-order valence-corrected chi connectivity index (χ0v) is 15.6. The second kappa shape index (κ2) is 5.38. The number of rotatable bonds is 3. The molecule has 3 amide bonds. The van der Waals surface area contributed by atoms with Crippen LogP contribution in [0.25, 0.3) is 0 Å². The van der Waals surface area contributed by atoms with Crippen LogP contribution in [0.4, 0.5) is 10.5 Å². The van der Waals surface area contributed by atoms with Crippen LogP contribution in [0.5, 0.6) is 0 Å². The Morgan fingerprint density at radius 1 is 1.30 bits per heavy atom. The van der Waals surface area contributed by atoms with Crippen molar-refractivity contribution in [2.24, 2.45) is 5.92 Å². The van der Waals surface area contributed by atoms with E-state index in [0.717, 1.165) is 12.8 Å². The number of hydrogen-bond acceptors (Lipinski definition) is 5. The Morgan fingerprint density at radius 3 is 2.70 bits per heavy atom. The number of hydrogen-bond donors (Lipinski definition) is 0. The van der Waals surface area contributed by atoms with Gasteiger partial charge >= 0.3 is 6.03 Å². The van der Waals surface area contributed by atoms with Crippen molar-refractivity contribution in [3.63, 3.8) is 0 Å². The van der Waals surface area contributed by atoms with Crippen molar-refractivity contribution in [3.05, 3.63) is 28.3 Å². The van der Waals surface area contributed by atoms with Crippen LogP contribution in [0.2, 0.25) is 5.02 Å². The predicted molar refractivity (Wildman–Crippen MR) is 95.8 cm³/mol. The van der Waals surface area contributed by atoms with Crippen molar-refractivity contribution in [2.75, 3.05) is 24.7 Å². The molecule has 3 saturated heterocycles. The maximum Gasteiger partial charge on any atom is 0.433 e. The number of piperazine rings is 1. The molecule has 0 radical (unpaired) electrons. The Bertz CT molecular complexity index is 966. The van der Waals surface area contributed by atoms with Gasteiger partial charge in [-0.2, -0.15) is 10.2 Å². The van der Waals surface area contributed by atoms with E-state index in [4.69, 9.17) is 16.9 Å². The number of imide groups is 1. The molecule has 1 spiro atoms. The van der Waals surface area contributed by atoms with E-state index in [1.54, 1.807) is 13.0 Å². The van der Waals surface area contributed by atoms with Gasteiger partial charge in [0.15, 0.2) is 17.9 Å². The third-order valence-electron chi connectivity index (χ3n) is 6.49. The molecule has 1 aromatic carbocycles. The second-order valence-electron chi connectivity index (χ2n) is 7.96. The van der Waals surface area contributed by atoms with Crippen LogP contribution in [-0.4, -0.2) is 58.9 Å². The molecule has 2 bridgehead atoms. The van der Waals surface area contributed by atoms with Crippen LogP contribution in [0.3, 0.4) is 0 Å². The van der Waals surface area contributed by atoms with E-state index >= 15 is 0 Å². The molecular formula is C19H18ClN4O3+. The Labute approximate surface area is 161 Å². The van der Waals surface area contributed by atoms with Gasteiger partial charge in [0.25, 0.3) is 5.91 Å². The van der Waals surface area contributed by atoms with Crippen LogP contribution in [0.1, 0.15) is 24.0 Å². The third-order valence-corrected chi connectivity index (χ3v) is 6.98. The molecule has 4 unspecified atom stereocenters. The predicted octanol–water partition coefficient (Wildman–Crippen LogP) is 1.81. The first kappa shape index (κ1) is 16.9. The Hall–Kier alpha value is -2.27. The fraction of sp³-hybridized carbons (Fsp3) is 0.474. The topological polar surface area (TPSA) is 81.5 Å². The van der Waals surface area contributed by atoms with Crippen molar-refractivity contribution in [1.82, 2.24) is 4.90 Å². The summed E-state index contributed by atoms with van der Waals surface area (Å²) in [5.41, 5.74) is 1.24. The zero-order chi connectivity index (χ0) is 19.1. The van der Waals surface area contributed by atoms with Gasteiger partial charge in [0.2, 0.25) is 0 Å². The van der Waals surface area contributed by atoms with E-state index in [2.05, 4.69) is 4.90 Å². The number of nitriles is 1. The number of carbonyl (C=O) groups is 3.